The van der Waals surface area contributed by atoms with Gasteiger partial charge in [0.25, 0.3) is 10.1 Å². The van der Waals surface area contributed by atoms with Crippen LogP contribution in [-0.4, -0.2) is 18.9 Å². The third-order valence-corrected chi connectivity index (χ3v) is 4.52. The zero-order valence-corrected chi connectivity index (χ0v) is 13.9. The summed E-state index contributed by atoms with van der Waals surface area (Å²) < 4.78 is 30.7. The summed E-state index contributed by atoms with van der Waals surface area (Å²) >= 11 is 11.9. The molecular weight excluding hydrogens is 361 g/mol. The Morgan fingerprint density at radius 2 is 1.74 bits per heavy atom. The van der Waals surface area contributed by atoms with Gasteiger partial charge in [-0.1, -0.05) is 35.3 Å². The van der Waals surface area contributed by atoms with Crippen LogP contribution >= 0.6 is 23.2 Å². The maximum absolute atomic E-state index is 11.8. The van der Waals surface area contributed by atoms with E-state index >= 15 is 0 Å². The first kappa shape index (κ1) is 17.5. The van der Waals surface area contributed by atoms with Crippen molar-refractivity contribution in [3.8, 4) is 0 Å². The first-order valence-corrected chi connectivity index (χ1v) is 8.47. The molecule has 0 saturated carbocycles. The molecule has 5 nitrogen and oxygen atoms in total. The molecule has 8 heteroatoms. The fraction of sp³-hybridized carbons (Fsp3) is 0. The predicted molar refractivity (Wildman–Crippen MR) is 90.4 cm³/mol. The Kier molecular flexibility index (Phi) is 5.43. The highest BCUT2D eigenvalue weighted by Crippen LogP contribution is 2.26. The molecule has 0 saturated heterocycles. The maximum Gasteiger partial charge on any atom is 0.294 e. The second-order valence-corrected chi connectivity index (χ2v) is 6.67. The van der Waals surface area contributed by atoms with Gasteiger partial charge in [-0.05, 0) is 42.0 Å². The molecule has 23 heavy (non-hydrogen) atoms. The molecule has 0 spiro atoms. The number of halogens is 2. The van der Waals surface area contributed by atoms with E-state index in [2.05, 4.69) is 5.32 Å². The van der Waals surface area contributed by atoms with Gasteiger partial charge in [0.1, 0.15) is 0 Å². The summed E-state index contributed by atoms with van der Waals surface area (Å²) in [4.78, 5) is 11.6. The van der Waals surface area contributed by atoms with Gasteiger partial charge in [-0.25, -0.2) is 0 Å². The molecule has 2 aromatic rings. The van der Waals surface area contributed by atoms with Gasteiger partial charge in [-0.2, -0.15) is 8.42 Å². The largest absolute Gasteiger partial charge is 0.323 e. The Morgan fingerprint density at radius 1 is 1.09 bits per heavy atom. The summed E-state index contributed by atoms with van der Waals surface area (Å²) in [5.41, 5.74) is 0.972. The Hall–Kier alpha value is -1.86. The normalized spacial score (nSPS) is 11.6. The number of amides is 1. The van der Waals surface area contributed by atoms with Gasteiger partial charge in [0.05, 0.1) is 14.9 Å². The minimum Gasteiger partial charge on any atom is -0.323 e. The predicted octanol–water partition coefficient (Wildman–Crippen LogP) is 3.89. The monoisotopic (exact) mass is 371 g/mol. The van der Waals surface area contributed by atoms with Crippen molar-refractivity contribution in [3.63, 3.8) is 0 Å². The number of hydrogen-bond acceptors (Lipinski definition) is 3. The van der Waals surface area contributed by atoms with Crippen LogP contribution in [0.2, 0.25) is 10.0 Å². The number of hydrogen-bond donors (Lipinski definition) is 2. The number of anilines is 1. The quantitative estimate of drug-likeness (QED) is 0.630. The molecule has 2 aromatic carbocycles. The SMILES string of the molecule is O=C(/C=C/c1cccc(Cl)c1Cl)Nc1ccc(S(=O)(=O)O)cc1. The lowest BCUT2D eigenvalue weighted by atomic mass is 10.2. The fourth-order valence-corrected chi connectivity index (χ4v) is 2.56. The fourth-order valence-electron chi connectivity index (χ4n) is 1.71. The van der Waals surface area contributed by atoms with Crippen LogP contribution in [0.15, 0.2) is 53.4 Å². The Labute approximate surface area is 143 Å². The number of carbonyl (C=O) groups is 1. The van der Waals surface area contributed by atoms with Crippen molar-refractivity contribution in [2.75, 3.05) is 5.32 Å². The molecule has 0 radical (unpaired) electrons. The van der Waals surface area contributed by atoms with Crippen LogP contribution in [0.1, 0.15) is 5.56 Å². The third-order valence-electron chi connectivity index (χ3n) is 2.82. The Balaban J connectivity index is 2.08. The molecule has 0 fully saturated rings. The van der Waals surface area contributed by atoms with Crippen molar-refractivity contribution in [3.05, 3.63) is 64.1 Å². The van der Waals surface area contributed by atoms with Crippen LogP contribution < -0.4 is 5.32 Å². The average molecular weight is 372 g/mol. The van der Waals surface area contributed by atoms with E-state index < -0.39 is 16.0 Å². The van der Waals surface area contributed by atoms with E-state index in [0.29, 0.717) is 21.3 Å². The van der Waals surface area contributed by atoms with Gasteiger partial charge in [0.2, 0.25) is 5.91 Å². The summed E-state index contributed by atoms with van der Waals surface area (Å²) in [5.74, 6) is -0.430. The lowest BCUT2D eigenvalue weighted by Crippen LogP contribution is -2.08. The summed E-state index contributed by atoms with van der Waals surface area (Å²) in [6.45, 7) is 0. The van der Waals surface area contributed by atoms with E-state index in [1.807, 2.05) is 0 Å². The number of nitrogens with one attached hydrogen (secondary N) is 1. The molecule has 2 N–H and O–H groups in total. The molecule has 0 aliphatic heterocycles. The number of benzene rings is 2. The maximum atomic E-state index is 11.8. The average Bonchev–Trinajstić information content (AvgIpc) is 2.48. The Bertz CT molecular complexity index is 862. The minimum absolute atomic E-state index is 0.253. The highest BCUT2D eigenvalue weighted by atomic mass is 35.5. The topological polar surface area (TPSA) is 83.5 Å². The molecule has 0 aliphatic rings. The van der Waals surface area contributed by atoms with Crippen molar-refractivity contribution >= 4 is 51.0 Å². The van der Waals surface area contributed by atoms with Gasteiger partial charge in [0.15, 0.2) is 0 Å². The van der Waals surface area contributed by atoms with Crippen LogP contribution in [0.25, 0.3) is 6.08 Å². The zero-order chi connectivity index (χ0) is 17.0. The van der Waals surface area contributed by atoms with Crippen molar-refractivity contribution in [1.82, 2.24) is 0 Å². The van der Waals surface area contributed by atoms with Crippen LogP contribution in [0.5, 0.6) is 0 Å². The molecule has 0 atom stereocenters. The van der Waals surface area contributed by atoms with E-state index in [-0.39, 0.29) is 4.90 Å². The second-order valence-electron chi connectivity index (χ2n) is 4.47. The molecule has 1 amide bonds. The van der Waals surface area contributed by atoms with Crippen LogP contribution in [0.3, 0.4) is 0 Å². The van der Waals surface area contributed by atoms with Crippen molar-refractivity contribution in [2.24, 2.45) is 0 Å². The van der Waals surface area contributed by atoms with Crippen molar-refractivity contribution in [1.29, 1.82) is 0 Å². The summed E-state index contributed by atoms with van der Waals surface area (Å²) in [6.07, 6.45) is 2.78. The molecule has 0 unspecified atom stereocenters. The molecule has 120 valence electrons. The first-order valence-electron chi connectivity index (χ1n) is 6.28. The zero-order valence-electron chi connectivity index (χ0n) is 11.5. The van der Waals surface area contributed by atoms with Gasteiger partial charge < -0.3 is 5.32 Å². The minimum atomic E-state index is -4.26. The van der Waals surface area contributed by atoms with Gasteiger partial charge in [0, 0.05) is 11.8 Å². The van der Waals surface area contributed by atoms with Crippen molar-refractivity contribution < 1.29 is 17.8 Å². The molecule has 2 rings (SSSR count). The second kappa shape index (κ2) is 7.14. The van der Waals surface area contributed by atoms with E-state index in [1.165, 1.54) is 36.4 Å². The van der Waals surface area contributed by atoms with Crippen LogP contribution in [0, 0.1) is 0 Å². The lowest BCUT2D eigenvalue weighted by molar-refractivity contribution is -0.111. The van der Waals surface area contributed by atoms with Gasteiger partial charge in [-0.15, -0.1) is 0 Å². The van der Waals surface area contributed by atoms with Crippen LogP contribution in [-0.2, 0) is 14.9 Å². The smallest absolute Gasteiger partial charge is 0.294 e. The Morgan fingerprint density at radius 3 is 2.35 bits per heavy atom. The molecule has 0 aromatic heterocycles. The van der Waals surface area contributed by atoms with Crippen LogP contribution in [0.4, 0.5) is 5.69 Å². The van der Waals surface area contributed by atoms with Gasteiger partial charge in [-0.3, -0.25) is 9.35 Å². The van der Waals surface area contributed by atoms with E-state index in [9.17, 15) is 13.2 Å². The van der Waals surface area contributed by atoms with Gasteiger partial charge >= 0.3 is 0 Å². The standard InChI is InChI=1S/C15H11Cl2NO4S/c16-13-3-1-2-10(15(13)17)4-9-14(19)18-11-5-7-12(8-6-11)23(20,21)22/h1-9H,(H,18,19)(H,20,21,22)/b9-4+. The van der Waals surface area contributed by atoms with E-state index in [4.69, 9.17) is 27.8 Å². The lowest BCUT2D eigenvalue weighted by Gasteiger charge is -2.03. The summed E-state index contributed by atoms with van der Waals surface area (Å²) in [6, 6.07) is 10.1. The highest BCUT2D eigenvalue weighted by Gasteiger charge is 2.09. The first-order chi connectivity index (χ1) is 10.8. The summed E-state index contributed by atoms with van der Waals surface area (Å²) in [5, 5.41) is 3.27. The van der Waals surface area contributed by atoms with E-state index in [1.54, 1.807) is 18.2 Å². The molecule has 0 aliphatic carbocycles. The van der Waals surface area contributed by atoms with Crippen molar-refractivity contribution in [2.45, 2.75) is 4.90 Å². The number of rotatable bonds is 4. The summed E-state index contributed by atoms with van der Waals surface area (Å²) in [7, 11) is -4.26. The molecule has 0 bridgehead atoms. The van der Waals surface area contributed by atoms with E-state index in [0.717, 1.165) is 0 Å². The highest BCUT2D eigenvalue weighted by molar-refractivity contribution is 7.85. The molecular formula is C15H11Cl2NO4S. The number of carbonyl (C=O) groups excluding carboxylic acids is 1. The molecule has 0 heterocycles. The third kappa shape index (κ3) is 4.80.